The van der Waals surface area contributed by atoms with E-state index in [1.54, 1.807) is 18.2 Å². The van der Waals surface area contributed by atoms with Crippen LogP contribution in [0.2, 0.25) is 5.02 Å². The highest BCUT2D eigenvalue weighted by Crippen LogP contribution is 2.20. The van der Waals surface area contributed by atoms with E-state index in [1.807, 2.05) is 6.92 Å². The van der Waals surface area contributed by atoms with Gasteiger partial charge >= 0.3 is 5.97 Å². The van der Waals surface area contributed by atoms with Gasteiger partial charge in [0, 0.05) is 10.7 Å². The Hall–Kier alpha value is -1.63. The third-order valence-electron chi connectivity index (χ3n) is 2.93. The lowest BCUT2D eigenvalue weighted by atomic mass is 10.1. The highest BCUT2D eigenvalue weighted by Gasteiger charge is 2.20. The molecule has 0 radical (unpaired) electrons. The van der Waals surface area contributed by atoms with Gasteiger partial charge in [-0.25, -0.2) is 0 Å². The molecule has 1 unspecified atom stereocenters. The lowest BCUT2D eigenvalue weighted by Gasteiger charge is -2.15. The summed E-state index contributed by atoms with van der Waals surface area (Å²) in [7, 11) is 0. The van der Waals surface area contributed by atoms with Crippen molar-refractivity contribution in [3.05, 3.63) is 28.8 Å². The minimum atomic E-state index is -1.06. The molecule has 0 bridgehead atoms. The van der Waals surface area contributed by atoms with Crippen LogP contribution in [-0.4, -0.2) is 36.1 Å². The zero-order valence-corrected chi connectivity index (χ0v) is 12.6. The molecule has 0 fully saturated rings. The zero-order chi connectivity index (χ0) is 15.8. The van der Waals surface area contributed by atoms with E-state index < -0.39 is 12.0 Å². The monoisotopic (exact) mass is 313 g/mol. The number of aliphatic carboxylic acids is 1. The van der Waals surface area contributed by atoms with Gasteiger partial charge in [-0.2, -0.15) is 0 Å². The van der Waals surface area contributed by atoms with Crippen molar-refractivity contribution in [1.82, 2.24) is 5.32 Å². The fraction of sp³-hybridized carbons (Fsp3) is 0.429. The van der Waals surface area contributed by atoms with Crippen molar-refractivity contribution < 1.29 is 14.7 Å². The molecule has 1 rings (SSSR count). The number of anilines is 1. The number of carbonyl (C=O) groups excluding carboxylic acids is 1. The maximum atomic E-state index is 11.9. The molecule has 6 nitrogen and oxygen atoms in total. The minimum absolute atomic E-state index is 0.161. The Morgan fingerprint density at radius 2 is 2.14 bits per heavy atom. The van der Waals surface area contributed by atoms with E-state index in [1.165, 1.54) is 0 Å². The van der Waals surface area contributed by atoms with E-state index >= 15 is 0 Å². The minimum Gasteiger partial charge on any atom is -0.480 e. The van der Waals surface area contributed by atoms with Gasteiger partial charge in [0.1, 0.15) is 6.04 Å². The molecule has 0 saturated heterocycles. The molecule has 1 amide bonds. The number of nitrogens with two attached hydrogens (primary N) is 1. The first kappa shape index (κ1) is 17.4. The summed E-state index contributed by atoms with van der Waals surface area (Å²) in [5, 5.41) is 15.1. The molecule has 1 aromatic carbocycles. The number of amides is 1. The molecule has 0 heterocycles. The number of benzene rings is 1. The molecule has 1 atom stereocenters. The third-order valence-corrected chi connectivity index (χ3v) is 3.17. The van der Waals surface area contributed by atoms with E-state index in [9.17, 15) is 9.59 Å². The summed E-state index contributed by atoms with van der Waals surface area (Å²) >= 11 is 5.87. The lowest BCUT2D eigenvalue weighted by molar-refractivity contribution is -0.141. The van der Waals surface area contributed by atoms with Crippen LogP contribution in [0.3, 0.4) is 0 Å². The largest absolute Gasteiger partial charge is 0.480 e. The Labute approximate surface area is 128 Å². The van der Waals surface area contributed by atoms with Gasteiger partial charge < -0.3 is 21.5 Å². The molecular weight excluding hydrogens is 294 g/mol. The summed E-state index contributed by atoms with van der Waals surface area (Å²) in [5.74, 6) is -1.45. The SMILES string of the molecule is Cc1ccc(Cl)cc1NC(=O)CC(NCCCN)C(=O)O. The van der Waals surface area contributed by atoms with Crippen molar-refractivity contribution >= 4 is 29.2 Å². The number of nitrogens with one attached hydrogen (secondary N) is 2. The summed E-state index contributed by atoms with van der Waals surface area (Å²) < 4.78 is 0. The quantitative estimate of drug-likeness (QED) is 0.543. The second-order valence-electron chi connectivity index (χ2n) is 4.70. The zero-order valence-electron chi connectivity index (χ0n) is 11.9. The number of carboxylic acid groups (broad SMARTS) is 1. The van der Waals surface area contributed by atoms with E-state index in [2.05, 4.69) is 10.6 Å². The Bertz CT molecular complexity index is 508. The molecule has 0 aliphatic carbocycles. The van der Waals surface area contributed by atoms with Crippen molar-refractivity contribution in [2.24, 2.45) is 5.73 Å². The number of carboxylic acids is 1. The molecule has 0 aliphatic heterocycles. The summed E-state index contributed by atoms with van der Waals surface area (Å²) in [6, 6.07) is 4.20. The van der Waals surface area contributed by atoms with Gasteiger partial charge in [-0.05, 0) is 44.1 Å². The van der Waals surface area contributed by atoms with Crippen molar-refractivity contribution in [1.29, 1.82) is 0 Å². The predicted molar refractivity (Wildman–Crippen MR) is 82.5 cm³/mol. The molecule has 7 heteroatoms. The van der Waals surface area contributed by atoms with Crippen LogP contribution in [0.25, 0.3) is 0 Å². The van der Waals surface area contributed by atoms with Crippen LogP contribution >= 0.6 is 11.6 Å². The maximum Gasteiger partial charge on any atom is 0.321 e. The number of halogens is 1. The van der Waals surface area contributed by atoms with Crippen molar-refractivity contribution in [2.45, 2.75) is 25.8 Å². The van der Waals surface area contributed by atoms with Crippen LogP contribution in [0.1, 0.15) is 18.4 Å². The maximum absolute atomic E-state index is 11.9. The van der Waals surface area contributed by atoms with Gasteiger partial charge in [-0.3, -0.25) is 9.59 Å². The van der Waals surface area contributed by atoms with Crippen molar-refractivity contribution in [3.63, 3.8) is 0 Å². The van der Waals surface area contributed by atoms with Crippen LogP contribution in [0.4, 0.5) is 5.69 Å². The summed E-state index contributed by atoms with van der Waals surface area (Å²) in [6.07, 6.45) is 0.491. The van der Waals surface area contributed by atoms with Gasteiger partial charge in [-0.15, -0.1) is 0 Å². The molecular formula is C14H20ClN3O3. The number of carbonyl (C=O) groups is 2. The lowest BCUT2D eigenvalue weighted by Crippen LogP contribution is -2.40. The van der Waals surface area contributed by atoms with Crippen LogP contribution in [0.5, 0.6) is 0 Å². The number of aryl methyl sites for hydroxylation is 1. The average molecular weight is 314 g/mol. The fourth-order valence-electron chi connectivity index (χ4n) is 1.74. The molecule has 1 aromatic rings. The standard InChI is InChI=1S/C14H20ClN3O3/c1-9-3-4-10(15)7-11(9)18-13(19)8-12(14(20)21)17-6-2-5-16/h3-4,7,12,17H,2,5-6,8,16H2,1H3,(H,18,19)(H,20,21). The molecule has 0 spiro atoms. The van der Waals surface area contributed by atoms with Gasteiger partial charge in [0.15, 0.2) is 0 Å². The van der Waals surface area contributed by atoms with Gasteiger partial charge in [0.05, 0.1) is 6.42 Å². The topological polar surface area (TPSA) is 104 Å². The second kappa shape index (κ2) is 8.61. The average Bonchev–Trinajstić information content (AvgIpc) is 2.42. The molecule has 0 aromatic heterocycles. The fourth-order valence-corrected chi connectivity index (χ4v) is 1.91. The molecule has 21 heavy (non-hydrogen) atoms. The Balaban J connectivity index is 2.61. The third kappa shape index (κ3) is 6.12. The Morgan fingerprint density at radius 3 is 2.76 bits per heavy atom. The number of hydrogen-bond acceptors (Lipinski definition) is 4. The van der Waals surface area contributed by atoms with Gasteiger partial charge in [0.2, 0.25) is 5.91 Å². The molecule has 116 valence electrons. The molecule has 5 N–H and O–H groups in total. The Morgan fingerprint density at radius 1 is 1.43 bits per heavy atom. The van der Waals surface area contributed by atoms with E-state index in [0.29, 0.717) is 30.2 Å². The van der Waals surface area contributed by atoms with Crippen LogP contribution in [-0.2, 0) is 9.59 Å². The molecule has 0 saturated carbocycles. The summed E-state index contributed by atoms with van der Waals surface area (Å²) in [6.45, 7) is 2.75. The number of hydrogen-bond donors (Lipinski definition) is 4. The van der Waals surface area contributed by atoms with E-state index in [0.717, 1.165) is 5.56 Å². The number of rotatable bonds is 8. The van der Waals surface area contributed by atoms with Crippen molar-refractivity contribution in [2.75, 3.05) is 18.4 Å². The first-order valence-corrected chi connectivity index (χ1v) is 7.04. The summed E-state index contributed by atoms with van der Waals surface area (Å²) in [5.41, 5.74) is 6.79. The van der Waals surface area contributed by atoms with Gasteiger partial charge in [-0.1, -0.05) is 17.7 Å². The highest BCUT2D eigenvalue weighted by atomic mass is 35.5. The van der Waals surface area contributed by atoms with Gasteiger partial charge in [0.25, 0.3) is 0 Å². The second-order valence-corrected chi connectivity index (χ2v) is 5.14. The normalized spacial score (nSPS) is 12.0. The summed E-state index contributed by atoms with van der Waals surface area (Å²) in [4.78, 5) is 23.0. The highest BCUT2D eigenvalue weighted by molar-refractivity contribution is 6.31. The van der Waals surface area contributed by atoms with E-state index in [4.69, 9.17) is 22.4 Å². The first-order valence-electron chi connectivity index (χ1n) is 6.66. The first-order chi connectivity index (χ1) is 9.93. The predicted octanol–water partition coefficient (Wildman–Crippen LogP) is 1.37. The smallest absolute Gasteiger partial charge is 0.321 e. The van der Waals surface area contributed by atoms with Crippen LogP contribution in [0.15, 0.2) is 18.2 Å². The van der Waals surface area contributed by atoms with E-state index in [-0.39, 0.29) is 12.3 Å². The van der Waals surface area contributed by atoms with Crippen LogP contribution < -0.4 is 16.4 Å². The Kier molecular flexibility index (Phi) is 7.14. The molecule has 0 aliphatic rings. The van der Waals surface area contributed by atoms with Crippen LogP contribution in [0, 0.1) is 6.92 Å². The van der Waals surface area contributed by atoms with Crippen molar-refractivity contribution in [3.8, 4) is 0 Å².